The van der Waals surface area contributed by atoms with Gasteiger partial charge in [0.2, 0.25) is 5.89 Å². The lowest BCUT2D eigenvalue weighted by molar-refractivity contribution is 0.620. The Labute approximate surface area is 321 Å². The fraction of sp³-hybridized carbons (Fsp3) is 0. The summed E-state index contributed by atoms with van der Waals surface area (Å²) in [5.41, 5.74) is 11.1. The normalized spacial score (nSPS) is 11.6. The van der Waals surface area contributed by atoms with Gasteiger partial charge in [0, 0.05) is 33.0 Å². The molecule has 11 aromatic rings. The van der Waals surface area contributed by atoms with Gasteiger partial charge in [0.25, 0.3) is 0 Å². The summed E-state index contributed by atoms with van der Waals surface area (Å²) in [6.07, 6.45) is 0. The minimum atomic E-state index is 0.581. The molecule has 0 fully saturated rings. The number of benzene rings is 8. The number of rotatable bonds is 6. The van der Waals surface area contributed by atoms with Crippen LogP contribution in [0.5, 0.6) is 0 Å². The number of furan rings is 1. The van der Waals surface area contributed by atoms with Crippen LogP contribution < -0.4 is 0 Å². The van der Waals surface area contributed by atoms with Crippen LogP contribution in [0.25, 0.3) is 112 Å². The van der Waals surface area contributed by atoms with Crippen LogP contribution in [0.3, 0.4) is 0 Å². The summed E-state index contributed by atoms with van der Waals surface area (Å²) in [7, 11) is 0. The van der Waals surface area contributed by atoms with Crippen LogP contribution in [-0.4, -0.2) is 19.9 Å². The molecule has 0 saturated heterocycles. The van der Waals surface area contributed by atoms with E-state index in [9.17, 15) is 0 Å². The molecule has 3 heterocycles. The molecule has 0 N–H and O–H groups in total. The molecule has 6 heteroatoms. The summed E-state index contributed by atoms with van der Waals surface area (Å²) in [4.78, 5) is 19.8. The Bertz CT molecular complexity index is 3180. The SMILES string of the molecule is c1ccc(-c2nc(-c3ccccc3)nc(-c3cccc4oc5ccc(-c6ccc7nc(-c8ccc(-c9cccc%10ccccc9%10)cc8)oc7c6)cc5c34)n2)cc1. The van der Waals surface area contributed by atoms with E-state index in [2.05, 4.69) is 97.1 Å². The second-order valence-corrected chi connectivity index (χ2v) is 13.8. The van der Waals surface area contributed by atoms with E-state index in [4.69, 9.17) is 28.8 Å². The van der Waals surface area contributed by atoms with Crippen molar-refractivity contribution in [3.8, 4) is 67.9 Å². The smallest absolute Gasteiger partial charge is 0.227 e. The standard InChI is InChI=1S/C50H30N4O2/c1-3-12-33(13-4-1)47-52-48(34-14-5-2-6-15-34)54-49(53-47)40-19-10-20-44-46(40)41-29-36(26-28-43(41)55-44)37-25-27-42-45(30-37)56-50(51-42)35-23-21-32(22-24-35)39-18-9-16-31-11-7-8-17-38(31)39/h1-30H. The lowest BCUT2D eigenvalue weighted by Crippen LogP contribution is -2.00. The van der Waals surface area contributed by atoms with Crippen molar-refractivity contribution in [3.63, 3.8) is 0 Å². The van der Waals surface area contributed by atoms with Crippen LogP contribution in [0.4, 0.5) is 0 Å². The Morgan fingerprint density at radius 1 is 0.321 bits per heavy atom. The van der Waals surface area contributed by atoms with Crippen LogP contribution in [0, 0.1) is 0 Å². The Morgan fingerprint density at radius 3 is 1.71 bits per heavy atom. The van der Waals surface area contributed by atoms with Gasteiger partial charge in [-0.25, -0.2) is 19.9 Å². The Hall–Kier alpha value is -7.70. The largest absolute Gasteiger partial charge is 0.456 e. The minimum absolute atomic E-state index is 0.581. The summed E-state index contributed by atoms with van der Waals surface area (Å²) < 4.78 is 12.8. The lowest BCUT2D eigenvalue weighted by Gasteiger charge is -2.09. The maximum absolute atomic E-state index is 6.42. The van der Waals surface area contributed by atoms with Crippen molar-refractivity contribution in [1.82, 2.24) is 19.9 Å². The maximum Gasteiger partial charge on any atom is 0.227 e. The van der Waals surface area contributed by atoms with Crippen molar-refractivity contribution >= 4 is 43.8 Å². The van der Waals surface area contributed by atoms with Crippen molar-refractivity contribution in [2.45, 2.75) is 0 Å². The minimum Gasteiger partial charge on any atom is -0.456 e. The quantitative estimate of drug-likeness (QED) is 0.170. The fourth-order valence-electron chi connectivity index (χ4n) is 7.62. The molecule has 0 unspecified atom stereocenters. The molecule has 0 aliphatic carbocycles. The van der Waals surface area contributed by atoms with Gasteiger partial charge in [-0.2, -0.15) is 0 Å². The molecular formula is C50H30N4O2. The van der Waals surface area contributed by atoms with Gasteiger partial charge in [-0.3, -0.25) is 0 Å². The predicted octanol–water partition coefficient (Wildman–Crippen LogP) is 13.1. The number of hydrogen-bond acceptors (Lipinski definition) is 6. The van der Waals surface area contributed by atoms with Gasteiger partial charge >= 0.3 is 0 Å². The molecule has 3 aromatic heterocycles. The average Bonchev–Trinajstić information content (AvgIpc) is 3.88. The van der Waals surface area contributed by atoms with E-state index in [1.165, 1.54) is 16.3 Å². The third-order valence-electron chi connectivity index (χ3n) is 10.4. The highest BCUT2D eigenvalue weighted by atomic mass is 16.3. The molecular weight excluding hydrogens is 689 g/mol. The molecule has 6 nitrogen and oxygen atoms in total. The van der Waals surface area contributed by atoms with Crippen molar-refractivity contribution in [2.24, 2.45) is 0 Å². The second-order valence-electron chi connectivity index (χ2n) is 13.8. The van der Waals surface area contributed by atoms with Crippen molar-refractivity contribution < 1.29 is 8.83 Å². The molecule has 262 valence electrons. The molecule has 0 amide bonds. The zero-order valence-corrected chi connectivity index (χ0v) is 29.9. The summed E-state index contributed by atoms with van der Waals surface area (Å²) in [6, 6.07) is 61.8. The number of hydrogen-bond donors (Lipinski definition) is 0. The number of nitrogens with zero attached hydrogens (tertiary/aromatic N) is 4. The highest BCUT2D eigenvalue weighted by Crippen LogP contribution is 2.39. The lowest BCUT2D eigenvalue weighted by atomic mass is 9.97. The van der Waals surface area contributed by atoms with Gasteiger partial charge < -0.3 is 8.83 Å². The molecule has 56 heavy (non-hydrogen) atoms. The van der Waals surface area contributed by atoms with Gasteiger partial charge in [0.1, 0.15) is 16.7 Å². The molecule has 0 bridgehead atoms. The fourth-order valence-corrected chi connectivity index (χ4v) is 7.62. The zero-order valence-electron chi connectivity index (χ0n) is 29.9. The van der Waals surface area contributed by atoms with Crippen molar-refractivity contribution in [2.75, 3.05) is 0 Å². The molecule has 0 atom stereocenters. The Morgan fingerprint density at radius 2 is 0.929 bits per heavy atom. The first-order valence-electron chi connectivity index (χ1n) is 18.5. The van der Waals surface area contributed by atoms with Crippen LogP contribution in [-0.2, 0) is 0 Å². The second kappa shape index (κ2) is 13.0. The number of aromatic nitrogens is 4. The number of fused-ring (bicyclic) bond motifs is 5. The third-order valence-corrected chi connectivity index (χ3v) is 10.4. The first-order valence-corrected chi connectivity index (χ1v) is 18.5. The third kappa shape index (κ3) is 5.51. The van der Waals surface area contributed by atoms with Gasteiger partial charge in [-0.1, -0.05) is 140 Å². The molecule has 11 rings (SSSR count). The van der Waals surface area contributed by atoms with Crippen LogP contribution in [0.15, 0.2) is 191 Å². The van der Waals surface area contributed by atoms with E-state index in [0.29, 0.717) is 23.4 Å². The molecule has 0 saturated carbocycles. The molecule has 0 aliphatic heterocycles. The van der Waals surface area contributed by atoms with Gasteiger partial charge in [0.15, 0.2) is 23.1 Å². The Balaban J connectivity index is 0.975. The van der Waals surface area contributed by atoms with Crippen LogP contribution >= 0.6 is 0 Å². The predicted molar refractivity (Wildman–Crippen MR) is 225 cm³/mol. The highest BCUT2D eigenvalue weighted by molar-refractivity contribution is 6.13. The van der Waals surface area contributed by atoms with Gasteiger partial charge in [0.05, 0.1) is 0 Å². The van der Waals surface area contributed by atoms with Gasteiger partial charge in [-0.15, -0.1) is 0 Å². The topological polar surface area (TPSA) is 77.8 Å². The monoisotopic (exact) mass is 718 g/mol. The molecule has 8 aromatic carbocycles. The average molecular weight is 719 g/mol. The van der Waals surface area contributed by atoms with E-state index in [-0.39, 0.29) is 0 Å². The maximum atomic E-state index is 6.42. The van der Waals surface area contributed by atoms with Crippen molar-refractivity contribution in [3.05, 3.63) is 182 Å². The zero-order chi connectivity index (χ0) is 37.0. The summed E-state index contributed by atoms with van der Waals surface area (Å²) >= 11 is 0. The van der Waals surface area contributed by atoms with Crippen LogP contribution in [0.2, 0.25) is 0 Å². The molecule has 0 aliphatic rings. The number of oxazole rings is 1. The summed E-state index contributed by atoms with van der Waals surface area (Å²) in [6.45, 7) is 0. The van der Waals surface area contributed by atoms with E-state index in [0.717, 1.165) is 72.0 Å². The van der Waals surface area contributed by atoms with E-state index < -0.39 is 0 Å². The van der Waals surface area contributed by atoms with E-state index in [1.807, 2.05) is 84.9 Å². The Kier molecular flexibility index (Phi) is 7.38. The van der Waals surface area contributed by atoms with Crippen LogP contribution in [0.1, 0.15) is 0 Å². The van der Waals surface area contributed by atoms with E-state index in [1.54, 1.807) is 0 Å². The van der Waals surface area contributed by atoms with Gasteiger partial charge in [-0.05, 0) is 75.5 Å². The molecule has 0 radical (unpaired) electrons. The van der Waals surface area contributed by atoms with Crippen molar-refractivity contribution in [1.29, 1.82) is 0 Å². The first kappa shape index (κ1) is 31.8. The summed E-state index contributed by atoms with van der Waals surface area (Å²) in [5, 5.41) is 4.38. The van der Waals surface area contributed by atoms with E-state index >= 15 is 0 Å². The summed E-state index contributed by atoms with van der Waals surface area (Å²) in [5.74, 6) is 2.39. The molecule has 0 spiro atoms. The highest BCUT2D eigenvalue weighted by Gasteiger charge is 2.19. The first-order chi connectivity index (χ1) is 27.7.